The minimum atomic E-state index is 0.0675. The predicted octanol–water partition coefficient (Wildman–Crippen LogP) is 1.91. The van der Waals surface area contributed by atoms with Crippen molar-refractivity contribution in [3.63, 3.8) is 0 Å². The molecule has 4 heteroatoms. The van der Waals surface area contributed by atoms with Crippen LogP contribution in [0.3, 0.4) is 0 Å². The molecule has 0 fully saturated rings. The normalized spacial score (nSPS) is 9.89. The molecule has 0 radical (unpaired) electrons. The summed E-state index contributed by atoms with van der Waals surface area (Å²) in [6.45, 7) is 13.8. The van der Waals surface area contributed by atoms with Crippen molar-refractivity contribution >= 4 is 5.91 Å². The van der Waals surface area contributed by atoms with Crippen LogP contribution in [-0.2, 0) is 4.79 Å². The third kappa shape index (κ3) is 20.8. The summed E-state index contributed by atoms with van der Waals surface area (Å²) in [4.78, 5) is 10.6. The first kappa shape index (κ1) is 19.7. The maximum absolute atomic E-state index is 10.6. The Morgan fingerprint density at radius 2 is 1.56 bits per heavy atom. The molecule has 0 saturated heterocycles. The van der Waals surface area contributed by atoms with E-state index in [1.54, 1.807) is 6.92 Å². The molecule has 3 N–H and O–H groups in total. The number of hydrogen-bond acceptors (Lipinski definition) is 3. The topological polar surface area (TPSA) is 53.2 Å². The van der Waals surface area contributed by atoms with E-state index in [1.165, 1.54) is 12.8 Å². The summed E-state index contributed by atoms with van der Waals surface area (Å²) in [5, 5.41) is 9.55. The molecule has 0 aromatic heterocycles. The van der Waals surface area contributed by atoms with Gasteiger partial charge in [0.15, 0.2) is 0 Å². The summed E-state index contributed by atoms with van der Waals surface area (Å²) in [5.41, 5.74) is 0. The fraction of sp³-hybridized carbons (Fsp3) is 0.929. The minimum absolute atomic E-state index is 0.0675. The SMILES string of the molecule is CC.CC(=O)NCCCCCNCCNC(C)C. The van der Waals surface area contributed by atoms with E-state index >= 15 is 0 Å². The van der Waals surface area contributed by atoms with Crippen LogP contribution in [-0.4, -0.2) is 38.1 Å². The summed E-state index contributed by atoms with van der Waals surface area (Å²) in [7, 11) is 0. The first-order valence-corrected chi connectivity index (χ1v) is 7.31. The number of amides is 1. The van der Waals surface area contributed by atoms with Gasteiger partial charge in [0, 0.05) is 32.6 Å². The lowest BCUT2D eigenvalue weighted by atomic mass is 10.2. The Balaban J connectivity index is 0. The molecule has 0 bridgehead atoms. The van der Waals surface area contributed by atoms with Crippen molar-refractivity contribution < 1.29 is 4.79 Å². The first-order valence-electron chi connectivity index (χ1n) is 7.31. The van der Waals surface area contributed by atoms with Gasteiger partial charge in [-0.05, 0) is 19.4 Å². The number of nitrogens with one attached hydrogen (secondary N) is 3. The number of unbranched alkanes of at least 4 members (excludes halogenated alkanes) is 2. The van der Waals surface area contributed by atoms with Crippen molar-refractivity contribution in [2.75, 3.05) is 26.2 Å². The third-order valence-corrected chi connectivity index (χ3v) is 2.26. The van der Waals surface area contributed by atoms with Gasteiger partial charge < -0.3 is 16.0 Å². The average Bonchev–Trinajstić information content (AvgIpc) is 2.33. The van der Waals surface area contributed by atoms with Crippen LogP contribution in [0.1, 0.15) is 53.9 Å². The Bertz CT molecular complexity index is 172. The van der Waals surface area contributed by atoms with Gasteiger partial charge in [0.05, 0.1) is 0 Å². The highest BCUT2D eigenvalue weighted by Crippen LogP contribution is 1.91. The second kappa shape index (κ2) is 16.4. The van der Waals surface area contributed by atoms with E-state index in [1.807, 2.05) is 13.8 Å². The molecule has 0 atom stereocenters. The van der Waals surface area contributed by atoms with Crippen molar-refractivity contribution in [1.29, 1.82) is 0 Å². The molecule has 0 heterocycles. The number of hydrogen-bond donors (Lipinski definition) is 3. The third-order valence-electron chi connectivity index (χ3n) is 2.26. The summed E-state index contributed by atoms with van der Waals surface area (Å²) in [5.74, 6) is 0.0675. The fourth-order valence-electron chi connectivity index (χ4n) is 1.39. The van der Waals surface area contributed by atoms with Crippen molar-refractivity contribution in [1.82, 2.24) is 16.0 Å². The molecule has 1 amide bonds. The zero-order valence-electron chi connectivity index (χ0n) is 12.9. The first-order chi connectivity index (χ1) is 8.63. The van der Waals surface area contributed by atoms with E-state index in [9.17, 15) is 4.79 Å². The Hall–Kier alpha value is -0.610. The van der Waals surface area contributed by atoms with Gasteiger partial charge in [0.25, 0.3) is 0 Å². The van der Waals surface area contributed by atoms with Gasteiger partial charge in [-0.15, -0.1) is 0 Å². The van der Waals surface area contributed by atoms with E-state index in [0.717, 1.165) is 32.6 Å². The van der Waals surface area contributed by atoms with Crippen LogP contribution < -0.4 is 16.0 Å². The Kier molecular flexibility index (Phi) is 18.0. The molecule has 0 rings (SSSR count). The smallest absolute Gasteiger partial charge is 0.216 e. The number of carbonyl (C=O) groups excluding carboxylic acids is 1. The zero-order chi connectivity index (χ0) is 14.2. The Labute approximate surface area is 113 Å². The molecule has 110 valence electrons. The van der Waals surface area contributed by atoms with Crippen LogP contribution in [0.2, 0.25) is 0 Å². The van der Waals surface area contributed by atoms with E-state index in [-0.39, 0.29) is 5.91 Å². The lowest BCUT2D eigenvalue weighted by Gasteiger charge is -2.08. The molecule has 0 spiro atoms. The van der Waals surface area contributed by atoms with Gasteiger partial charge in [-0.3, -0.25) is 4.79 Å². The molecule has 0 aromatic rings. The molecular formula is C14H33N3O. The maximum atomic E-state index is 10.6. The molecule has 0 aromatic carbocycles. The molecule has 0 aliphatic heterocycles. The molecule has 0 unspecified atom stereocenters. The largest absolute Gasteiger partial charge is 0.356 e. The molecular weight excluding hydrogens is 226 g/mol. The highest BCUT2D eigenvalue weighted by Gasteiger charge is 1.93. The average molecular weight is 259 g/mol. The standard InChI is InChI=1S/C12H27N3O.C2H6/c1-11(2)14-10-9-13-7-5-4-6-8-15-12(3)16;1-2/h11,13-14H,4-10H2,1-3H3,(H,15,16);1-2H3. The Morgan fingerprint density at radius 3 is 2.11 bits per heavy atom. The van der Waals surface area contributed by atoms with Crippen molar-refractivity contribution in [2.24, 2.45) is 0 Å². The second-order valence-electron chi connectivity index (χ2n) is 4.40. The van der Waals surface area contributed by atoms with E-state index in [0.29, 0.717) is 6.04 Å². The Morgan fingerprint density at radius 1 is 0.944 bits per heavy atom. The summed E-state index contributed by atoms with van der Waals surface area (Å²) in [6, 6.07) is 0.569. The van der Waals surface area contributed by atoms with Crippen molar-refractivity contribution in [3.8, 4) is 0 Å². The second-order valence-corrected chi connectivity index (χ2v) is 4.40. The van der Waals surface area contributed by atoms with Crippen LogP contribution in [0.4, 0.5) is 0 Å². The lowest BCUT2D eigenvalue weighted by Crippen LogP contribution is -2.32. The zero-order valence-corrected chi connectivity index (χ0v) is 12.9. The lowest BCUT2D eigenvalue weighted by molar-refractivity contribution is -0.118. The van der Waals surface area contributed by atoms with Gasteiger partial charge >= 0.3 is 0 Å². The van der Waals surface area contributed by atoms with Gasteiger partial charge in [0.2, 0.25) is 5.91 Å². The molecule has 4 nitrogen and oxygen atoms in total. The molecule has 18 heavy (non-hydrogen) atoms. The fourth-order valence-corrected chi connectivity index (χ4v) is 1.39. The minimum Gasteiger partial charge on any atom is -0.356 e. The van der Waals surface area contributed by atoms with Crippen molar-refractivity contribution in [3.05, 3.63) is 0 Å². The maximum Gasteiger partial charge on any atom is 0.216 e. The quantitative estimate of drug-likeness (QED) is 0.525. The van der Waals surface area contributed by atoms with E-state index in [4.69, 9.17) is 0 Å². The van der Waals surface area contributed by atoms with Crippen molar-refractivity contribution in [2.45, 2.75) is 59.9 Å². The predicted molar refractivity (Wildman–Crippen MR) is 79.9 cm³/mol. The van der Waals surface area contributed by atoms with Gasteiger partial charge in [-0.25, -0.2) is 0 Å². The van der Waals surface area contributed by atoms with E-state index in [2.05, 4.69) is 29.8 Å². The molecule has 0 aliphatic rings. The highest BCUT2D eigenvalue weighted by molar-refractivity contribution is 5.72. The molecule has 0 aliphatic carbocycles. The molecule has 0 saturated carbocycles. The van der Waals surface area contributed by atoms with Crippen LogP contribution in [0, 0.1) is 0 Å². The van der Waals surface area contributed by atoms with Crippen LogP contribution >= 0.6 is 0 Å². The summed E-state index contributed by atoms with van der Waals surface area (Å²) >= 11 is 0. The van der Waals surface area contributed by atoms with Crippen LogP contribution in [0.25, 0.3) is 0 Å². The van der Waals surface area contributed by atoms with Crippen LogP contribution in [0.15, 0.2) is 0 Å². The monoisotopic (exact) mass is 259 g/mol. The van der Waals surface area contributed by atoms with Gasteiger partial charge in [-0.2, -0.15) is 0 Å². The highest BCUT2D eigenvalue weighted by atomic mass is 16.1. The van der Waals surface area contributed by atoms with E-state index < -0.39 is 0 Å². The van der Waals surface area contributed by atoms with Gasteiger partial charge in [-0.1, -0.05) is 34.1 Å². The van der Waals surface area contributed by atoms with Gasteiger partial charge in [0.1, 0.15) is 0 Å². The van der Waals surface area contributed by atoms with Crippen LogP contribution in [0.5, 0.6) is 0 Å². The number of rotatable bonds is 10. The number of carbonyl (C=O) groups is 1. The summed E-state index contributed by atoms with van der Waals surface area (Å²) in [6.07, 6.45) is 3.43. The summed E-state index contributed by atoms with van der Waals surface area (Å²) < 4.78 is 0.